The molecule has 106 valence electrons. The van der Waals surface area contributed by atoms with Gasteiger partial charge in [0.25, 0.3) is 0 Å². The molecule has 0 amide bonds. The zero-order chi connectivity index (χ0) is 14.0. The van der Waals surface area contributed by atoms with Crippen LogP contribution >= 0.6 is 0 Å². The number of aryl methyl sites for hydroxylation is 2. The summed E-state index contributed by atoms with van der Waals surface area (Å²) in [6.07, 6.45) is 1.62. The summed E-state index contributed by atoms with van der Waals surface area (Å²) in [6, 6.07) is 4.06. The Bertz CT molecular complexity index is 419. The Labute approximate surface area is 115 Å². The van der Waals surface area contributed by atoms with Gasteiger partial charge in [0.1, 0.15) is 5.75 Å². The van der Waals surface area contributed by atoms with Crippen molar-refractivity contribution >= 4 is 0 Å². The first kappa shape index (κ1) is 14.4. The van der Waals surface area contributed by atoms with Gasteiger partial charge in [0.2, 0.25) is 0 Å². The van der Waals surface area contributed by atoms with Gasteiger partial charge in [-0.15, -0.1) is 0 Å². The van der Waals surface area contributed by atoms with Gasteiger partial charge in [-0.1, -0.05) is 6.92 Å². The number of rotatable bonds is 4. The lowest BCUT2D eigenvalue weighted by molar-refractivity contribution is 0.0307. The van der Waals surface area contributed by atoms with Crippen LogP contribution in [0.15, 0.2) is 12.1 Å². The van der Waals surface area contributed by atoms with Gasteiger partial charge in [0.05, 0.1) is 19.3 Å². The van der Waals surface area contributed by atoms with Gasteiger partial charge >= 0.3 is 0 Å². The third-order valence-electron chi connectivity index (χ3n) is 4.10. The first-order valence-corrected chi connectivity index (χ1v) is 7.03. The molecule has 1 fully saturated rings. The average Bonchev–Trinajstić information content (AvgIpc) is 2.85. The lowest BCUT2D eigenvalue weighted by atomic mass is 9.87. The first-order chi connectivity index (χ1) is 9.08. The van der Waals surface area contributed by atoms with E-state index in [-0.39, 0.29) is 12.0 Å². The molecule has 2 rings (SSSR count). The molecular formula is C16H24O3. The lowest BCUT2D eigenvalue weighted by Gasteiger charge is -2.24. The van der Waals surface area contributed by atoms with Crippen molar-refractivity contribution in [2.45, 2.75) is 45.8 Å². The van der Waals surface area contributed by atoms with Crippen molar-refractivity contribution in [3.05, 3.63) is 28.8 Å². The van der Waals surface area contributed by atoms with E-state index in [0.29, 0.717) is 0 Å². The van der Waals surface area contributed by atoms with Crippen LogP contribution in [0.5, 0.6) is 5.75 Å². The SMILES string of the molecule is CCC1OCCC1C(O)c1cc(C)c(OC)c(C)c1. The molecule has 1 aliphatic rings. The molecule has 0 aliphatic carbocycles. The quantitative estimate of drug-likeness (QED) is 0.908. The van der Waals surface area contributed by atoms with E-state index >= 15 is 0 Å². The molecular weight excluding hydrogens is 240 g/mol. The number of aliphatic hydroxyl groups excluding tert-OH is 1. The molecule has 1 saturated heterocycles. The van der Waals surface area contributed by atoms with Gasteiger partial charge in [0, 0.05) is 12.5 Å². The maximum Gasteiger partial charge on any atom is 0.124 e. The van der Waals surface area contributed by atoms with Crippen LogP contribution in [0.25, 0.3) is 0 Å². The molecule has 0 aromatic heterocycles. The Balaban J connectivity index is 2.26. The highest BCUT2D eigenvalue weighted by Gasteiger charge is 2.33. The zero-order valence-electron chi connectivity index (χ0n) is 12.3. The van der Waals surface area contributed by atoms with Crippen molar-refractivity contribution in [3.8, 4) is 5.75 Å². The van der Waals surface area contributed by atoms with E-state index in [2.05, 4.69) is 6.92 Å². The molecule has 0 saturated carbocycles. The van der Waals surface area contributed by atoms with Crippen LogP contribution in [0.1, 0.15) is 42.6 Å². The summed E-state index contributed by atoms with van der Waals surface area (Å²) < 4.78 is 11.0. The van der Waals surface area contributed by atoms with Crippen LogP contribution in [0, 0.1) is 19.8 Å². The normalized spacial score (nSPS) is 24.5. The van der Waals surface area contributed by atoms with E-state index in [0.717, 1.165) is 41.9 Å². The summed E-state index contributed by atoms with van der Waals surface area (Å²) in [5.74, 6) is 1.11. The summed E-state index contributed by atoms with van der Waals surface area (Å²) >= 11 is 0. The molecule has 0 spiro atoms. The molecule has 1 aromatic carbocycles. The largest absolute Gasteiger partial charge is 0.496 e. The Morgan fingerprint density at radius 2 is 2.00 bits per heavy atom. The third kappa shape index (κ3) is 2.77. The number of ether oxygens (including phenoxy) is 2. The Hall–Kier alpha value is -1.06. The van der Waals surface area contributed by atoms with Gasteiger partial charge in [-0.3, -0.25) is 0 Å². The predicted octanol–water partition coefficient (Wildman–Crippen LogP) is 3.16. The van der Waals surface area contributed by atoms with Crippen molar-refractivity contribution in [3.63, 3.8) is 0 Å². The molecule has 0 bridgehead atoms. The average molecular weight is 264 g/mol. The molecule has 0 radical (unpaired) electrons. The highest BCUT2D eigenvalue weighted by molar-refractivity contribution is 5.44. The van der Waals surface area contributed by atoms with E-state index in [4.69, 9.17) is 9.47 Å². The minimum absolute atomic E-state index is 0.178. The van der Waals surface area contributed by atoms with E-state index in [1.165, 1.54) is 0 Å². The van der Waals surface area contributed by atoms with Crippen molar-refractivity contribution in [1.82, 2.24) is 0 Å². The first-order valence-electron chi connectivity index (χ1n) is 7.03. The minimum Gasteiger partial charge on any atom is -0.496 e. The Morgan fingerprint density at radius 3 is 2.53 bits per heavy atom. The van der Waals surface area contributed by atoms with Crippen molar-refractivity contribution in [1.29, 1.82) is 0 Å². The van der Waals surface area contributed by atoms with Crippen LogP contribution in [0.2, 0.25) is 0 Å². The fourth-order valence-electron chi connectivity index (χ4n) is 3.17. The summed E-state index contributed by atoms with van der Waals surface area (Å²) in [7, 11) is 1.68. The summed E-state index contributed by atoms with van der Waals surface area (Å²) in [4.78, 5) is 0. The molecule has 3 nitrogen and oxygen atoms in total. The molecule has 3 atom stereocenters. The number of hydrogen-bond acceptors (Lipinski definition) is 3. The van der Waals surface area contributed by atoms with Crippen LogP contribution in [-0.2, 0) is 4.74 Å². The fourth-order valence-corrected chi connectivity index (χ4v) is 3.17. The fraction of sp³-hybridized carbons (Fsp3) is 0.625. The molecule has 1 aliphatic heterocycles. The van der Waals surface area contributed by atoms with Gasteiger partial charge in [-0.25, -0.2) is 0 Å². The summed E-state index contributed by atoms with van der Waals surface area (Å²) in [5, 5.41) is 10.6. The topological polar surface area (TPSA) is 38.7 Å². The highest BCUT2D eigenvalue weighted by atomic mass is 16.5. The second kappa shape index (κ2) is 5.93. The van der Waals surface area contributed by atoms with Gasteiger partial charge in [-0.2, -0.15) is 0 Å². The number of hydrogen-bond donors (Lipinski definition) is 1. The molecule has 1 aromatic rings. The van der Waals surface area contributed by atoms with Crippen LogP contribution in [0.3, 0.4) is 0 Å². The van der Waals surface area contributed by atoms with Crippen LogP contribution in [0.4, 0.5) is 0 Å². The van der Waals surface area contributed by atoms with Crippen LogP contribution < -0.4 is 4.74 Å². The maximum atomic E-state index is 10.6. The Morgan fingerprint density at radius 1 is 1.37 bits per heavy atom. The van der Waals surface area contributed by atoms with Gasteiger partial charge < -0.3 is 14.6 Å². The summed E-state index contributed by atoms with van der Waals surface area (Å²) in [6.45, 7) is 6.91. The van der Waals surface area contributed by atoms with Crippen LogP contribution in [-0.4, -0.2) is 24.9 Å². The van der Waals surface area contributed by atoms with Gasteiger partial charge in [0.15, 0.2) is 0 Å². The highest BCUT2D eigenvalue weighted by Crippen LogP contribution is 2.37. The number of aliphatic hydroxyl groups is 1. The second-order valence-corrected chi connectivity index (χ2v) is 5.40. The number of methoxy groups -OCH3 is 1. The molecule has 1 heterocycles. The number of benzene rings is 1. The lowest BCUT2D eigenvalue weighted by Crippen LogP contribution is -2.22. The molecule has 19 heavy (non-hydrogen) atoms. The predicted molar refractivity (Wildman–Crippen MR) is 75.6 cm³/mol. The minimum atomic E-state index is -0.448. The van der Waals surface area contributed by atoms with E-state index in [9.17, 15) is 5.11 Å². The Kier molecular flexibility index (Phi) is 4.48. The van der Waals surface area contributed by atoms with Crippen molar-refractivity contribution in [2.24, 2.45) is 5.92 Å². The van der Waals surface area contributed by atoms with Crippen molar-refractivity contribution in [2.75, 3.05) is 13.7 Å². The monoisotopic (exact) mass is 264 g/mol. The smallest absolute Gasteiger partial charge is 0.124 e. The van der Waals surface area contributed by atoms with E-state index in [1.54, 1.807) is 7.11 Å². The third-order valence-corrected chi connectivity index (χ3v) is 4.10. The molecule has 1 N–H and O–H groups in total. The molecule has 3 unspecified atom stereocenters. The van der Waals surface area contributed by atoms with E-state index in [1.807, 2.05) is 26.0 Å². The second-order valence-electron chi connectivity index (χ2n) is 5.40. The standard InChI is InChI=1S/C16H24O3/c1-5-14-13(6-7-19-14)15(17)12-8-10(2)16(18-4)11(3)9-12/h8-9,13-15,17H,5-7H2,1-4H3. The molecule has 3 heteroatoms. The maximum absolute atomic E-state index is 10.6. The van der Waals surface area contributed by atoms with Gasteiger partial charge in [-0.05, 0) is 55.5 Å². The summed E-state index contributed by atoms with van der Waals surface area (Å²) in [5.41, 5.74) is 3.12. The zero-order valence-corrected chi connectivity index (χ0v) is 12.3. The van der Waals surface area contributed by atoms with E-state index < -0.39 is 6.10 Å². The van der Waals surface area contributed by atoms with Crippen molar-refractivity contribution < 1.29 is 14.6 Å².